The van der Waals surface area contributed by atoms with Gasteiger partial charge in [0, 0.05) is 24.6 Å². The summed E-state index contributed by atoms with van der Waals surface area (Å²) in [6, 6.07) is 5.45. The first-order valence-corrected chi connectivity index (χ1v) is 7.33. The molecule has 0 aliphatic rings. The zero-order valence-electron chi connectivity index (χ0n) is 11.5. The highest BCUT2D eigenvalue weighted by Gasteiger charge is 2.10. The van der Waals surface area contributed by atoms with E-state index in [1.807, 2.05) is 26.0 Å². The molecule has 2 aromatic rings. The zero-order chi connectivity index (χ0) is 14.4. The van der Waals surface area contributed by atoms with Crippen LogP contribution in [-0.2, 0) is 6.54 Å². The highest BCUT2D eigenvalue weighted by atomic mass is 32.2. The molecule has 0 atom stereocenters. The molecular formula is C14H16N4OS. The van der Waals surface area contributed by atoms with Gasteiger partial charge in [0.1, 0.15) is 5.69 Å². The molecule has 5 nitrogen and oxygen atoms in total. The van der Waals surface area contributed by atoms with Crippen molar-refractivity contribution >= 4 is 17.7 Å². The Bertz CT molecular complexity index is 589. The summed E-state index contributed by atoms with van der Waals surface area (Å²) in [5.41, 5.74) is 2.15. The molecule has 0 saturated carbocycles. The van der Waals surface area contributed by atoms with Gasteiger partial charge in [-0.1, -0.05) is 24.8 Å². The Morgan fingerprint density at radius 2 is 2.25 bits per heavy atom. The predicted octanol–water partition coefficient (Wildman–Crippen LogP) is 2.22. The maximum absolute atomic E-state index is 12.1. The van der Waals surface area contributed by atoms with Gasteiger partial charge in [-0.05, 0) is 30.4 Å². The number of aromatic nitrogens is 3. The highest BCUT2D eigenvalue weighted by molar-refractivity contribution is 7.99. The number of carbonyl (C=O) groups is 1. The van der Waals surface area contributed by atoms with Crippen LogP contribution in [0.25, 0.3) is 0 Å². The standard InChI is InChI=1S/C14H16N4OS/c1-3-20-14-17-10(2)7-12(18-14)13(19)16-9-11-5-4-6-15-8-11/h4-8H,3,9H2,1-2H3,(H,16,19). The fraction of sp³-hybridized carbons (Fsp3) is 0.286. The largest absolute Gasteiger partial charge is 0.347 e. The van der Waals surface area contributed by atoms with Gasteiger partial charge in [0.05, 0.1) is 0 Å². The van der Waals surface area contributed by atoms with Crippen LogP contribution in [-0.4, -0.2) is 26.6 Å². The number of hydrogen-bond donors (Lipinski definition) is 1. The summed E-state index contributed by atoms with van der Waals surface area (Å²) in [7, 11) is 0. The van der Waals surface area contributed by atoms with Crippen LogP contribution in [0.2, 0.25) is 0 Å². The molecule has 20 heavy (non-hydrogen) atoms. The Balaban J connectivity index is 2.05. The fourth-order valence-corrected chi connectivity index (χ4v) is 2.26. The van der Waals surface area contributed by atoms with Gasteiger partial charge in [-0.15, -0.1) is 0 Å². The molecule has 0 radical (unpaired) electrons. The lowest BCUT2D eigenvalue weighted by atomic mass is 10.2. The van der Waals surface area contributed by atoms with Crippen molar-refractivity contribution in [1.82, 2.24) is 20.3 Å². The van der Waals surface area contributed by atoms with Gasteiger partial charge in [-0.3, -0.25) is 9.78 Å². The van der Waals surface area contributed by atoms with Gasteiger partial charge in [0.25, 0.3) is 5.91 Å². The van der Waals surface area contributed by atoms with Crippen molar-refractivity contribution in [3.63, 3.8) is 0 Å². The van der Waals surface area contributed by atoms with E-state index in [0.717, 1.165) is 17.0 Å². The second-order valence-electron chi connectivity index (χ2n) is 4.15. The number of thioether (sulfide) groups is 1. The van der Waals surface area contributed by atoms with Crippen LogP contribution in [0, 0.1) is 6.92 Å². The van der Waals surface area contributed by atoms with Gasteiger partial charge in [-0.2, -0.15) is 0 Å². The number of rotatable bonds is 5. The van der Waals surface area contributed by atoms with E-state index < -0.39 is 0 Å². The number of carbonyl (C=O) groups excluding carboxylic acids is 1. The number of hydrogen-bond acceptors (Lipinski definition) is 5. The third-order valence-electron chi connectivity index (χ3n) is 2.52. The lowest BCUT2D eigenvalue weighted by Crippen LogP contribution is -2.24. The average Bonchev–Trinajstić information content (AvgIpc) is 2.45. The molecule has 1 N–H and O–H groups in total. The van der Waals surface area contributed by atoms with Crippen molar-refractivity contribution in [3.8, 4) is 0 Å². The predicted molar refractivity (Wildman–Crippen MR) is 78.6 cm³/mol. The minimum Gasteiger partial charge on any atom is -0.347 e. The van der Waals surface area contributed by atoms with E-state index in [4.69, 9.17) is 0 Å². The van der Waals surface area contributed by atoms with E-state index in [9.17, 15) is 4.79 Å². The first-order chi connectivity index (χ1) is 9.69. The lowest BCUT2D eigenvalue weighted by Gasteiger charge is -2.06. The molecule has 0 unspecified atom stereocenters. The minimum absolute atomic E-state index is 0.197. The van der Waals surface area contributed by atoms with Crippen molar-refractivity contribution in [1.29, 1.82) is 0 Å². The monoisotopic (exact) mass is 288 g/mol. The van der Waals surface area contributed by atoms with Crippen molar-refractivity contribution in [3.05, 3.63) is 47.5 Å². The van der Waals surface area contributed by atoms with Crippen molar-refractivity contribution < 1.29 is 4.79 Å². The van der Waals surface area contributed by atoms with E-state index in [0.29, 0.717) is 17.4 Å². The number of nitrogens with zero attached hydrogens (tertiary/aromatic N) is 3. The van der Waals surface area contributed by atoms with Gasteiger partial charge >= 0.3 is 0 Å². The van der Waals surface area contributed by atoms with Gasteiger partial charge in [-0.25, -0.2) is 9.97 Å². The van der Waals surface area contributed by atoms with E-state index in [1.54, 1.807) is 18.5 Å². The molecule has 0 fully saturated rings. The molecule has 0 bridgehead atoms. The SMILES string of the molecule is CCSc1nc(C)cc(C(=O)NCc2cccnc2)n1. The van der Waals surface area contributed by atoms with Crippen molar-refractivity contribution in [2.24, 2.45) is 0 Å². The number of amides is 1. The summed E-state index contributed by atoms with van der Waals surface area (Å²) < 4.78 is 0. The summed E-state index contributed by atoms with van der Waals surface area (Å²) >= 11 is 1.52. The summed E-state index contributed by atoms with van der Waals surface area (Å²) in [6.07, 6.45) is 3.43. The molecule has 0 aliphatic carbocycles. The Labute approximate surface area is 122 Å². The molecule has 2 heterocycles. The second-order valence-corrected chi connectivity index (χ2v) is 5.39. The fourth-order valence-electron chi connectivity index (χ4n) is 1.63. The lowest BCUT2D eigenvalue weighted by molar-refractivity contribution is 0.0945. The third-order valence-corrected chi connectivity index (χ3v) is 3.25. The van der Waals surface area contributed by atoms with Crippen molar-refractivity contribution in [2.45, 2.75) is 25.5 Å². The molecule has 104 valence electrons. The smallest absolute Gasteiger partial charge is 0.270 e. The Kier molecular flexibility index (Phi) is 5.06. The summed E-state index contributed by atoms with van der Waals surface area (Å²) in [5.74, 6) is 0.678. The summed E-state index contributed by atoms with van der Waals surface area (Å²) in [4.78, 5) is 24.6. The first kappa shape index (κ1) is 14.5. The molecule has 6 heteroatoms. The van der Waals surface area contributed by atoms with Crippen LogP contribution in [0.3, 0.4) is 0 Å². The van der Waals surface area contributed by atoms with E-state index >= 15 is 0 Å². The van der Waals surface area contributed by atoms with Crippen LogP contribution < -0.4 is 5.32 Å². The average molecular weight is 288 g/mol. The molecule has 2 rings (SSSR count). The van der Waals surface area contributed by atoms with Crippen LogP contribution in [0.4, 0.5) is 0 Å². The number of nitrogens with one attached hydrogen (secondary N) is 1. The van der Waals surface area contributed by atoms with Crippen LogP contribution in [0.15, 0.2) is 35.7 Å². The molecule has 1 amide bonds. The Morgan fingerprint density at radius 1 is 1.40 bits per heavy atom. The third kappa shape index (κ3) is 4.03. The first-order valence-electron chi connectivity index (χ1n) is 6.34. The van der Waals surface area contributed by atoms with Gasteiger partial charge < -0.3 is 5.32 Å². The maximum atomic E-state index is 12.1. The Hall–Kier alpha value is -1.95. The van der Waals surface area contributed by atoms with Gasteiger partial charge in [0.15, 0.2) is 5.16 Å². The summed E-state index contributed by atoms with van der Waals surface area (Å²) in [6.45, 7) is 4.32. The second kappa shape index (κ2) is 7.00. The number of aryl methyl sites for hydroxylation is 1. The normalized spacial score (nSPS) is 10.3. The molecular weight excluding hydrogens is 272 g/mol. The molecule has 0 aliphatic heterocycles. The number of pyridine rings is 1. The molecule has 0 spiro atoms. The summed E-state index contributed by atoms with van der Waals surface area (Å²) in [5, 5.41) is 3.47. The Morgan fingerprint density at radius 3 is 2.95 bits per heavy atom. The topological polar surface area (TPSA) is 67.8 Å². The molecule has 0 saturated heterocycles. The highest BCUT2D eigenvalue weighted by Crippen LogP contribution is 2.13. The minimum atomic E-state index is -0.197. The van der Waals surface area contributed by atoms with Crippen LogP contribution in [0.5, 0.6) is 0 Å². The van der Waals surface area contributed by atoms with Crippen LogP contribution in [0.1, 0.15) is 28.7 Å². The van der Waals surface area contributed by atoms with Gasteiger partial charge in [0.2, 0.25) is 0 Å². The van der Waals surface area contributed by atoms with Crippen molar-refractivity contribution in [2.75, 3.05) is 5.75 Å². The zero-order valence-corrected chi connectivity index (χ0v) is 12.3. The van der Waals surface area contributed by atoms with E-state index in [1.165, 1.54) is 11.8 Å². The van der Waals surface area contributed by atoms with E-state index in [-0.39, 0.29) is 5.91 Å². The molecule has 0 aromatic carbocycles. The van der Waals surface area contributed by atoms with Crippen LogP contribution >= 0.6 is 11.8 Å². The van der Waals surface area contributed by atoms with E-state index in [2.05, 4.69) is 20.3 Å². The molecule has 2 aromatic heterocycles. The maximum Gasteiger partial charge on any atom is 0.270 e. The quantitative estimate of drug-likeness (QED) is 0.675.